The molecule has 2 fully saturated rings. The largest absolute Gasteiger partial charge is 0.482 e. The second kappa shape index (κ2) is 8.35. The predicted molar refractivity (Wildman–Crippen MR) is 108 cm³/mol. The number of hydrogen-bond acceptors (Lipinski definition) is 5. The molecule has 0 radical (unpaired) electrons. The van der Waals surface area contributed by atoms with Crippen LogP contribution in [0.3, 0.4) is 0 Å². The van der Waals surface area contributed by atoms with Crippen LogP contribution in [-0.4, -0.2) is 53.5 Å². The van der Waals surface area contributed by atoms with E-state index in [1.54, 1.807) is 29.5 Å². The number of thiazole rings is 1. The van der Waals surface area contributed by atoms with E-state index in [0.717, 1.165) is 19.6 Å². The molecule has 5 nitrogen and oxygen atoms in total. The van der Waals surface area contributed by atoms with Crippen molar-refractivity contribution in [1.82, 2.24) is 14.8 Å². The molecule has 1 amide bonds. The Kier molecular flexibility index (Phi) is 5.88. The van der Waals surface area contributed by atoms with Crippen molar-refractivity contribution in [3.63, 3.8) is 0 Å². The lowest BCUT2D eigenvalue weighted by molar-refractivity contribution is -0.135. The molecule has 0 unspecified atom stereocenters. The fraction of sp³-hybridized carbons (Fsp3) is 0.474. The quantitative estimate of drug-likeness (QED) is 0.699. The van der Waals surface area contributed by atoms with E-state index >= 15 is 0 Å². The zero-order valence-electron chi connectivity index (χ0n) is 14.9. The summed E-state index contributed by atoms with van der Waals surface area (Å²) in [4.78, 5) is 21.4. The van der Waals surface area contributed by atoms with Crippen LogP contribution in [0.1, 0.15) is 29.5 Å². The number of benzene rings is 1. The van der Waals surface area contributed by atoms with Gasteiger partial charge in [-0.25, -0.2) is 4.98 Å². The van der Waals surface area contributed by atoms with Crippen molar-refractivity contribution in [3.8, 4) is 5.75 Å². The van der Waals surface area contributed by atoms with Crippen LogP contribution < -0.4 is 4.74 Å². The molecule has 144 valence electrons. The van der Waals surface area contributed by atoms with Gasteiger partial charge in [-0.05, 0) is 31.0 Å². The Morgan fingerprint density at radius 3 is 2.70 bits per heavy atom. The summed E-state index contributed by atoms with van der Waals surface area (Å²) in [5, 5.41) is 4.33. The number of ether oxygens (including phenoxy) is 1. The van der Waals surface area contributed by atoms with Gasteiger partial charge in [0.05, 0.1) is 17.3 Å². The van der Waals surface area contributed by atoms with Gasteiger partial charge in [0.1, 0.15) is 10.8 Å². The maximum absolute atomic E-state index is 12.4. The Bertz CT molecular complexity index is 817. The van der Waals surface area contributed by atoms with Crippen molar-refractivity contribution >= 4 is 40.4 Å². The number of rotatable bonds is 6. The molecule has 1 aliphatic carbocycles. The van der Waals surface area contributed by atoms with Gasteiger partial charge in [-0.3, -0.25) is 9.69 Å². The van der Waals surface area contributed by atoms with E-state index in [1.165, 1.54) is 23.5 Å². The number of carbonyl (C=O) groups is 1. The monoisotopic (exact) mass is 425 g/mol. The molecule has 2 aromatic rings. The van der Waals surface area contributed by atoms with Gasteiger partial charge in [0.2, 0.25) is 0 Å². The first kappa shape index (κ1) is 19.0. The van der Waals surface area contributed by atoms with Crippen LogP contribution in [0.4, 0.5) is 0 Å². The average Bonchev–Trinajstić information content (AvgIpc) is 3.41. The van der Waals surface area contributed by atoms with Crippen LogP contribution in [0.2, 0.25) is 10.0 Å². The molecule has 1 saturated carbocycles. The lowest BCUT2D eigenvalue weighted by atomic mass is 10.3. The summed E-state index contributed by atoms with van der Waals surface area (Å²) in [6.07, 6.45) is 2.57. The zero-order chi connectivity index (χ0) is 18.8. The number of aromatic nitrogens is 1. The molecule has 1 aliphatic heterocycles. The van der Waals surface area contributed by atoms with E-state index < -0.39 is 0 Å². The van der Waals surface area contributed by atoms with E-state index in [2.05, 4.69) is 10.3 Å². The maximum Gasteiger partial charge on any atom is 0.260 e. The van der Waals surface area contributed by atoms with E-state index in [4.69, 9.17) is 32.9 Å². The van der Waals surface area contributed by atoms with Gasteiger partial charge >= 0.3 is 0 Å². The topological polar surface area (TPSA) is 45.7 Å². The molecule has 4 rings (SSSR count). The maximum atomic E-state index is 12.4. The van der Waals surface area contributed by atoms with Gasteiger partial charge in [-0.1, -0.05) is 23.2 Å². The fourth-order valence-corrected chi connectivity index (χ4v) is 4.51. The summed E-state index contributed by atoms with van der Waals surface area (Å²) in [6, 6.07) is 4.98. The highest BCUT2D eigenvalue weighted by Gasteiger charge is 2.27. The lowest BCUT2D eigenvalue weighted by Crippen LogP contribution is -2.49. The molecule has 8 heteroatoms. The highest BCUT2D eigenvalue weighted by atomic mass is 35.5. The Morgan fingerprint density at radius 1 is 1.22 bits per heavy atom. The van der Waals surface area contributed by atoms with Crippen LogP contribution in [0.15, 0.2) is 23.6 Å². The fourth-order valence-electron chi connectivity index (χ4n) is 3.13. The van der Waals surface area contributed by atoms with Crippen LogP contribution in [0.5, 0.6) is 5.75 Å². The van der Waals surface area contributed by atoms with E-state index in [0.29, 0.717) is 34.8 Å². The molecule has 27 heavy (non-hydrogen) atoms. The summed E-state index contributed by atoms with van der Waals surface area (Å²) in [5.41, 5.74) is 1.27. The SMILES string of the molecule is O=C(COc1ccc(Cl)cc1Cl)N1CCN(Cc2nc(C3CC3)cs2)CC1. The average molecular weight is 426 g/mol. The number of nitrogens with zero attached hydrogens (tertiary/aromatic N) is 3. The molecule has 2 aliphatic rings. The summed E-state index contributed by atoms with van der Waals surface area (Å²) in [7, 11) is 0. The van der Waals surface area contributed by atoms with Crippen LogP contribution >= 0.6 is 34.5 Å². The highest BCUT2D eigenvalue weighted by molar-refractivity contribution is 7.09. The second-order valence-corrected chi connectivity index (χ2v) is 8.75. The van der Waals surface area contributed by atoms with Crippen molar-refractivity contribution in [2.24, 2.45) is 0 Å². The van der Waals surface area contributed by atoms with Gasteiger partial charge in [0.25, 0.3) is 5.91 Å². The molecule has 0 N–H and O–H groups in total. The third-order valence-electron chi connectivity index (χ3n) is 4.89. The molecule has 1 aromatic carbocycles. The third kappa shape index (κ3) is 4.93. The number of halogens is 2. The molecule has 0 bridgehead atoms. The van der Waals surface area contributed by atoms with Crippen LogP contribution in [-0.2, 0) is 11.3 Å². The van der Waals surface area contributed by atoms with Crippen molar-refractivity contribution < 1.29 is 9.53 Å². The zero-order valence-corrected chi connectivity index (χ0v) is 17.2. The number of hydrogen-bond donors (Lipinski definition) is 0. The van der Waals surface area contributed by atoms with Crippen molar-refractivity contribution in [1.29, 1.82) is 0 Å². The Balaban J connectivity index is 1.22. The molecule has 1 saturated heterocycles. The van der Waals surface area contributed by atoms with Crippen molar-refractivity contribution in [2.45, 2.75) is 25.3 Å². The van der Waals surface area contributed by atoms with E-state index in [-0.39, 0.29) is 12.5 Å². The first-order valence-corrected chi connectivity index (χ1v) is 10.7. The third-order valence-corrected chi connectivity index (χ3v) is 6.28. The molecular formula is C19H21Cl2N3O2S. The number of piperazine rings is 1. The number of amides is 1. The van der Waals surface area contributed by atoms with Gasteiger partial charge < -0.3 is 9.64 Å². The lowest BCUT2D eigenvalue weighted by Gasteiger charge is -2.34. The normalized spacial score (nSPS) is 17.9. The number of carbonyl (C=O) groups excluding carboxylic acids is 1. The molecule has 2 heterocycles. The summed E-state index contributed by atoms with van der Waals surface area (Å²) >= 11 is 13.7. The van der Waals surface area contributed by atoms with E-state index in [9.17, 15) is 4.79 Å². The Labute approximate surface area is 172 Å². The Morgan fingerprint density at radius 2 is 2.00 bits per heavy atom. The van der Waals surface area contributed by atoms with Gasteiger partial charge in [-0.2, -0.15) is 0 Å². The van der Waals surface area contributed by atoms with Gasteiger partial charge in [0, 0.05) is 42.5 Å². The smallest absolute Gasteiger partial charge is 0.260 e. The van der Waals surface area contributed by atoms with Crippen LogP contribution in [0, 0.1) is 0 Å². The first-order chi connectivity index (χ1) is 13.1. The van der Waals surface area contributed by atoms with Crippen molar-refractivity contribution in [3.05, 3.63) is 44.3 Å². The highest BCUT2D eigenvalue weighted by Crippen LogP contribution is 2.40. The summed E-state index contributed by atoms with van der Waals surface area (Å²) < 4.78 is 5.56. The standard InChI is InChI=1S/C19H21Cl2N3O2S/c20-14-3-4-17(15(21)9-14)26-11-19(25)24-7-5-23(6-8-24)10-18-22-16(12-27-18)13-1-2-13/h3-4,9,12-13H,1-2,5-8,10-11H2. The summed E-state index contributed by atoms with van der Waals surface area (Å²) in [6.45, 7) is 3.97. The molecular weight excluding hydrogens is 405 g/mol. The predicted octanol–water partition coefficient (Wildman–Crippen LogP) is 4.05. The van der Waals surface area contributed by atoms with Crippen LogP contribution in [0.25, 0.3) is 0 Å². The van der Waals surface area contributed by atoms with Crippen molar-refractivity contribution in [2.75, 3.05) is 32.8 Å². The minimum absolute atomic E-state index is 0.0153. The second-order valence-electron chi connectivity index (χ2n) is 6.96. The van der Waals surface area contributed by atoms with Gasteiger partial charge in [-0.15, -0.1) is 11.3 Å². The van der Waals surface area contributed by atoms with E-state index in [1.807, 2.05) is 4.90 Å². The molecule has 0 atom stereocenters. The Hall–Kier alpha value is -1.34. The minimum atomic E-state index is -0.0223. The molecule has 1 aromatic heterocycles. The molecule has 0 spiro atoms. The van der Waals surface area contributed by atoms with Gasteiger partial charge in [0.15, 0.2) is 6.61 Å². The minimum Gasteiger partial charge on any atom is -0.482 e. The summed E-state index contributed by atoms with van der Waals surface area (Å²) in [5.74, 6) is 1.16. The first-order valence-electron chi connectivity index (χ1n) is 9.11.